The van der Waals surface area contributed by atoms with Crippen LogP contribution in [0, 0.1) is 0 Å². The molecule has 7 heteroatoms. The molecule has 1 N–H and O–H groups in total. The number of carbonyl (C=O) groups excluding carboxylic acids is 1. The van der Waals surface area contributed by atoms with E-state index < -0.39 is 15.0 Å². The second kappa shape index (κ2) is 6.99. The number of amides is 1. The fourth-order valence-electron chi connectivity index (χ4n) is 2.15. The van der Waals surface area contributed by atoms with Crippen molar-refractivity contribution in [3.63, 3.8) is 0 Å². The molecule has 0 aliphatic heterocycles. The number of hydrogen-bond acceptors (Lipinski definition) is 3. The second-order valence-electron chi connectivity index (χ2n) is 4.87. The Morgan fingerprint density at radius 2 is 1.71 bits per heavy atom. The maximum Gasteiger partial charge on any atom is 0.261 e. The predicted molar refractivity (Wildman–Crippen MR) is 85.6 cm³/mol. The topological polar surface area (TPSA) is 63.2 Å². The first-order valence-electron chi connectivity index (χ1n) is 6.75. The fourth-order valence-corrected chi connectivity index (χ4v) is 3.13. The summed E-state index contributed by atoms with van der Waals surface area (Å²) in [5, 5.41) is 3.14. The highest BCUT2D eigenvalue weighted by Crippen LogP contribution is 2.25. The van der Waals surface area contributed by atoms with Crippen LogP contribution in [0.3, 0.4) is 0 Å². The molecule has 1 aromatic carbocycles. The summed E-state index contributed by atoms with van der Waals surface area (Å²) in [6, 6.07) is 3.83. The van der Waals surface area contributed by atoms with Crippen LogP contribution in [0.1, 0.15) is 50.4 Å². The third kappa shape index (κ3) is 4.34. The maximum absolute atomic E-state index is 12.4. The van der Waals surface area contributed by atoms with Crippen molar-refractivity contribution in [1.29, 1.82) is 0 Å². The minimum absolute atomic E-state index is 0.109. The third-order valence-corrected chi connectivity index (χ3v) is 5.55. The highest BCUT2D eigenvalue weighted by Gasteiger charge is 2.27. The van der Waals surface area contributed by atoms with Crippen LogP contribution in [0.25, 0.3) is 0 Å². The van der Waals surface area contributed by atoms with Crippen molar-refractivity contribution in [2.75, 3.05) is 0 Å². The SMILES string of the molecule is CCC(CC)(CC)NC(=O)c1cc(S(=O)(=O)Cl)ccc1Cl. The summed E-state index contributed by atoms with van der Waals surface area (Å²) < 4.78 is 22.7. The quantitative estimate of drug-likeness (QED) is 0.788. The molecule has 1 aromatic rings. The van der Waals surface area contributed by atoms with E-state index in [0.717, 1.165) is 19.3 Å². The van der Waals surface area contributed by atoms with Crippen LogP contribution in [-0.4, -0.2) is 19.9 Å². The van der Waals surface area contributed by atoms with Crippen molar-refractivity contribution in [2.45, 2.75) is 50.5 Å². The monoisotopic (exact) mass is 351 g/mol. The van der Waals surface area contributed by atoms with Gasteiger partial charge in [0.25, 0.3) is 15.0 Å². The van der Waals surface area contributed by atoms with Gasteiger partial charge in [-0.15, -0.1) is 0 Å². The summed E-state index contributed by atoms with van der Waals surface area (Å²) in [7, 11) is 1.40. The predicted octanol–water partition coefficient (Wildman–Crippen LogP) is 3.97. The average molecular weight is 352 g/mol. The van der Waals surface area contributed by atoms with Crippen LogP contribution in [0.2, 0.25) is 5.02 Å². The number of carbonyl (C=O) groups is 1. The Bertz CT molecular complexity index is 617. The van der Waals surface area contributed by atoms with Gasteiger partial charge in [0.1, 0.15) is 0 Å². The van der Waals surface area contributed by atoms with Gasteiger partial charge in [0.15, 0.2) is 0 Å². The zero-order valence-electron chi connectivity index (χ0n) is 12.2. The molecule has 0 spiro atoms. The first-order chi connectivity index (χ1) is 9.69. The first-order valence-corrected chi connectivity index (χ1v) is 9.44. The largest absolute Gasteiger partial charge is 0.347 e. The van der Waals surface area contributed by atoms with Gasteiger partial charge < -0.3 is 5.32 Å². The molecule has 4 nitrogen and oxygen atoms in total. The van der Waals surface area contributed by atoms with E-state index in [2.05, 4.69) is 5.32 Å². The van der Waals surface area contributed by atoms with Gasteiger partial charge in [0.05, 0.1) is 15.5 Å². The standard InChI is InChI=1S/C14H19Cl2NO3S/c1-4-14(5-2,6-3)17-13(18)11-9-10(21(16,19)20)7-8-12(11)15/h7-9H,4-6H2,1-3H3,(H,17,18). The van der Waals surface area contributed by atoms with Gasteiger partial charge in [-0.25, -0.2) is 8.42 Å². The van der Waals surface area contributed by atoms with E-state index in [1.807, 2.05) is 20.8 Å². The Kier molecular flexibility index (Phi) is 6.08. The molecule has 1 rings (SSSR count). The summed E-state index contributed by atoms with van der Waals surface area (Å²) in [6.07, 6.45) is 2.32. The number of benzene rings is 1. The Hall–Kier alpha value is -0.780. The lowest BCUT2D eigenvalue weighted by Crippen LogP contribution is -2.47. The molecule has 0 aliphatic carbocycles. The molecule has 0 radical (unpaired) electrons. The average Bonchev–Trinajstić information content (AvgIpc) is 2.44. The van der Waals surface area contributed by atoms with Crippen LogP contribution in [0.4, 0.5) is 0 Å². The maximum atomic E-state index is 12.4. The van der Waals surface area contributed by atoms with Crippen molar-refractivity contribution in [2.24, 2.45) is 0 Å². The first kappa shape index (κ1) is 18.3. The van der Waals surface area contributed by atoms with Crippen molar-refractivity contribution >= 4 is 37.2 Å². The Morgan fingerprint density at radius 3 is 2.14 bits per heavy atom. The fraction of sp³-hybridized carbons (Fsp3) is 0.500. The van der Waals surface area contributed by atoms with Gasteiger partial charge in [-0.2, -0.15) is 0 Å². The summed E-state index contributed by atoms with van der Waals surface area (Å²) >= 11 is 6.00. The molecule has 0 bridgehead atoms. The zero-order chi connectivity index (χ0) is 16.3. The molecule has 0 aromatic heterocycles. The minimum Gasteiger partial charge on any atom is -0.347 e. The normalized spacial score (nSPS) is 12.2. The van der Waals surface area contributed by atoms with Gasteiger partial charge in [-0.3, -0.25) is 4.79 Å². The molecule has 0 atom stereocenters. The highest BCUT2D eigenvalue weighted by molar-refractivity contribution is 8.13. The van der Waals surface area contributed by atoms with E-state index in [9.17, 15) is 13.2 Å². The Labute approximate surface area is 135 Å². The van der Waals surface area contributed by atoms with Crippen molar-refractivity contribution < 1.29 is 13.2 Å². The van der Waals surface area contributed by atoms with E-state index in [1.165, 1.54) is 18.2 Å². The second-order valence-corrected chi connectivity index (χ2v) is 7.85. The highest BCUT2D eigenvalue weighted by atomic mass is 35.7. The van der Waals surface area contributed by atoms with E-state index >= 15 is 0 Å². The summed E-state index contributed by atoms with van der Waals surface area (Å²) in [5.74, 6) is -0.396. The minimum atomic E-state index is -3.90. The Morgan fingerprint density at radius 1 is 1.19 bits per heavy atom. The van der Waals surface area contributed by atoms with Crippen LogP contribution in [0.5, 0.6) is 0 Å². The molecule has 118 valence electrons. The summed E-state index contributed by atoms with van der Waals surface area (Å²) in [6.45, 7) is 5.98. The van der Waals surface area contributed by atoms with Crippen LogP contribution in [0.15, 0.2) is 23.1 Å². The van der Waals surface area contributed by atoms with E-state index in [4.69, 9.17) is 22.3 Å². The van der Waals surface area contributed by atoms with Crippen molar-refractivity contribution in [1.82, 2.24) is 5.32 Å². The van der Waals surface area contributed by atoms with Crippen molar-refractivity contribution in [3.05, 3.63) is 28.8 Å². The van der Waals surface area contributed by atoms with E-state index in [0.29, 0.717) is 0 Å². The van der Waals surface area contributed by atoms with Crippen LogP contribution < -0.4 is 5.32 Å². The molecule has 0 saturated heterocycles. The zero-order valence-corrected chi connectivity index (χ0v) is 14.6. The molecule has 0 fully saturated rings. The van der Waals surface area contributed by atoms with Crippen LogP contribution >= 0.6 is 22.3 Å². The van der Waals surface area contributed by atoms with Gasteiger partial charge in [0, 0.05) is 16.2 Å². The van der Waals surface area contributed by atoms with Gasteiger partial charge in [-0.05, 0) is 37.5 Å². The number of nitrogens with one attached hydrogen (secondary N) is 1. The van der Waals surface area contributed by atoms with E-state index in [-0.39, 0.29) is 21.0 Å². The molecule has 0 unspecified atom stereocenters. The molecule has 0 saturated carbocycles. The third-order valence-electron chi connectivity index (χ3n) is 3.87. The lowest BCUT2D eigenvalue weighted by Gasteiger charge is -2.32. The number of rotatable bonds is 6. The lowest BCUT2D eigenvalue weighted by atomic mass is 9.89. The molecular formula is C14H19Cl2NO3S. The smallest absolute Gasteiger partial charge is 0.261 e. The summed E-state index contributed by atoms with van der Waals surface area (Å²) in [5.41, 5.74) is -0.214. The molecular weight excluding hydrogens is 333 g/mol. The number of hydrogen-bond donors (Lipinski definition) is 1. The van der Waals surface area contributed by atoms with Gasteiger partial charge in [-0.1, -0.05) is 32.4 Å². The van der Waals surface area contributed by atoms with Crippen molar-refractivity contribution in [3.8, 4) is 0 Å². The number of halogens is 2. The van der Waals surface area contributed by atoms with E-state index in [1.54, 1.807) is 0 Å². The van der Waals surface area contributed by atoms with Gasteiger partial charge in [0.2, 0.25) is 0 Å². The molecule has 0 heterocycles. The molecule has 21 heavy (non-hydrogen) atoms. The lowest BCUT2D eigenvalue weighted by molar-refractivity contribution is 0.0888. The van der Waals surface area contributed by atoms with Gasteiger partial charge >= 0.3 is 0 Å². The Balaban J connectivity index is 3.19. The molecule has 1 amide bonds. The van der Waals surface area contributed by atoms with Crippen LogP contribution in [-0.2, 0) is 9.05 Å². The summed E-state index contributed by atoms with van der Waals surface area (Å²) in [4.78, 5) is 12.3. The molecule has 0 aliphatic rings.